The van der Waals surface area contributed by atoms with Gasteiger partial charge in [0.15, 0.2) is 0 Å². The summed E-state index contributed by atoms with van der Waals surface area (Å²) in [7, 11) is 0. The summed E-state index contributed by atoms with van der Waals surface area (Å²) >= 11 is 7.22. The summed E-state index contributed by atoms with van der Waals surface area (Å²) in [5.41, 5.74) is 7.36. The molecule has 0 bridgehead atoms. The largest absolute Gasteiger partial charge is 0.273 e. The van der Waals surface area contributed by atoms with Crippen LogP contribution in [0, 0.1) is 0 Å². The van der Waals surface area contributed by atoms with Gasteiger partial charge in [-0.05, 0) is 54.7 Å². The molecular formula is C19H19ClN2O2S. The molecule has 2 aromatic rings. The van der Waals surface area contributed by atoms with Crippen LogP contribution in [-0.2, 0) is 16.0 Å². The molecule has 3 rings (SSSR count). The maximum absolute atomic E-state index is 12.4. The number of hydrogen-bond donors (Lipinski definition) is 2. The molecule has 2 amide bonds. The minimum Gasteiger partial charge on any atom is -0.273 e. The van der Waals surface area contributed by atoms with E-state index >= 15 is 0 Å². The number of aryl methyl sites for hydroxylation is 1. The third-order valence-electron chi connectivity index (χ3n) is 4.19. The minimum atomic E-state index is -0.239. The van der Waals surface area contributed by atoms with Crippen molar-refractivity contribution in [1.82, 2.24) is 10.9 Å². The van der Waals surface area contributed by atoms with E-state index in [1.807, 2.05) is 30.3 Å². The van der Waals surface area contributed by atoms with Crippen molar-refractivity contribution in [2.24, 2.45) is 0 Å². The average molecular weight is 375 g/mol. The van der Waals surface area contributed by atoms with Crippen molar-refractivity contribution < 1.29 is 9.59 Å². The first-order valence-corrected chi connectivity index (χ1v) is 9.55. The quantitative estimate of drug-likeness (QED) is 0.633. The van der Waals surface area contributed by atoms with Crippen LogP contribution in [0.15, 0.2) is 53.4 Å². The normalized spacial score (nSPS) is 16.0. The summed E-state index contributed by atoms with van der Waals surface area (Å²) < 4.78 is 0. The summed E-state index contributed by atoms with van der Waals surface area (Å²) in [4.78, 5) is 25.3. The molecule has 0 radical (unpaired) electrons. The molecule has 0 heterocycles. The maximum atomic E-state index is 12.4. The van der Waals surface area contributed by atoms with E-state index in [1.54, 1.807) is 12.1 Å². The Bertz CT molecular complexity index is 764. The lowest BCUT2D eigenvalue weighted by atomic mass is 9.82. The highest BCUT2D eigenvalue weighted by Crippen LogP contribution is 2.31. The first-order valence-electron chi connectivity index (χ1n) is 8.18. The van der Waals surface area contributed by atoms with Crippen molar-refractivity contribution in [2.45, 2.75) is 30.1 Å². The van der Waals surface area contributed by atoms with E-state index in [-0.39, 0.29) is 23.5 Å². The molecule has 0 fully saturated rings. The highest BCUT2D eigenvalue weighted by Gasteiger charge is 2.26. The SMILES string of the molecule is O=C(CSc1ccc(Cl)cc1)NNC(=O)C1CCCc2ccccc21. The zero-order chi connectivity index (χ0) is 17.6. The van der Waals surface area contributed by atoms with E-state index < -0.39 is 0 Å². The van der Waals surface area contributed by atoms with Gasteiger partial charge in [-0.1, -0.05) is 35.9 Å². The van der Waals surface area contributed by atoms with Gasteiger partial charge >= 0.3 is 0 Å². The van der Waals surface area contributed by atoms with E-state index in [0.29, 0.717) is 5.02 Å². The Morgan fingerprint density at radius 1 is 1.08 bits per heavy atom. The van der Waals surface area contributed by atoms with Gasteiger partial charge in [-0.3, -0.25) is 20.4 Å². The zero-order valence-electron chi connectivity index (χ0n) is 13.6. The second-order valence-corrected chi connectivity index (χ2v) is 7.41. The highest BCUT2D eigenvalue weighted by molar-refractivity contribution is 8.00. The molecule has 130 valence electrons. The molecule has 0 spiro atoms. The van der Waals surface area contributed by atoms with Crippen LogP contribution < -0.4 is 10.9 Å². The van der Waals surface area contributed by atoms with Crippen LogP contribution in [0.4, 0.5) is 0 Å². The van der Waals surface area contributed by atoms with Crippen LogP contribution in [0.1, 0.15) is 29.9 Å². The van der Waals surface area contributed by atoms with Gasteiger partial charge in [-0.25, -0.2) is 0 Å². The number of hydrogen-bond acceptors (Lipinski definition) is 3. The first kappa shape index (κ1) is 17.8. The van der Waals surface area contributed by atoms with Gasteiger partial charge in [0.1, 0.15) is 0 Å². The molecule has 0 aromatic heterocycles. The molecule has 4 nitrogen and oxygen atoms in total. The van der Waals surface area contributed by atoms with Gasteiger partial charge in [0, 0.05) is 9.92 Å². The van der Waals surface area contributed by atoms with Crippen molar-refractivity contribution in [3.05, 3.63) is 64.7 Å². The van der Waals surface area contributed by atoms with Crippen molar-refractivity contribution >= 4 is 35.2 Å². The van der Waals surface area contributed by atoms with Crippen molar-refractivity contribution in [2.75, 3.05) is 5.75 Å². The lowest BCUT2D eigenvalue weighted by molar-refractivity contribution is -0.128. The number of carbonyl (C=O) groups excluding carboxylic acids is 2. The number of benzene rings is 2. The maximum Gasteiger partial charge on any atom is 0.248 e. The monoisotopic (exact) mass is 374 g/mol. The molecule has 2 N–H and O–H groups in total. The Labute approximate surface area is 156 Å². The van der Waals surface area contributed by atoms with Crippen molar-refractivity contribution in [1.29, 1.82) is 0 Å². The van der Waals surface area contributed by atoms with E-state index in [4.69, 9.17) is 11.6 Å². The predicted molar refractivity (Wildman–Crippen MR) is 101 cm³/mol. The van der Waals surface area contributed by atoms with Crippen LogP contribution in [0.5, 0.6) is 0 Å². The number of nitrogens with one attached hydrogen (secondary N) is 2. The molecule has 1 aliphatic rings. The summed E-state index contributed by atoms with van der Waals surface area (Å²) in [6.45, 7) is 0. The fourth-order valence-corrected chi connectivity index (χ4v) is 3.78. The molecule has 6 heteroatoms. The fraction of sp³-hybridized carbons (Fsp3) is 0.263. The van der Waals surface area contributed by atoms with Gasteiger partial charge in [0.25, 0.3) is 0 Å². The van der Waals surface area contributed by atoms with Crippen LogP contribution >= 0.6 is 23.4 Å². The van der Waals surface area contributed by atoms with E-state index in [9.17, 15) is 9.59 Å². The van der Waals surface area contributed by atoms with Gasteiger partial charge < -0.3 is 0 Å². The molecule has 1 aliphatic carbocycles. The molecule has 1 atom stereocenters. The number of thioether (sulfide) groups is 1. The van der Waals surface area contributed by atoms with E-state index in [1.165, 1.54) is 17.3 Å². The lowest BCUT2D eigenvalue weighted by Gasteiger charge is -2.24. The van der Waals surface area contributed by atoms with E-state index in [2.05, 4.69) is 16.9 Å². The number of amides is 2. The Kier molecular flexibility index (Phi) is 6.00. The third-order valence-corrected chi connectivity index (χ3v) is 5.46. The average Bonchev–Trinajstić information content (AvgIpc) is 2.65. The minimum absolute atomic E-state index is 0.156. The number of fused-ring (bicyclic) bond motifs is 1. The summed E-state index contributed by atoms with van der Waals surface area (Å²) in [6, 6.07) is 15.3. The topological polar surface area (TPSA) is 58.2 Å². The molecule has 1 unspecified atom stereocenters. The summed E-state index contributed by atoms with van der Waals surface area (Å²) in [5.74, 6) is -0.369. The highest BCUT2D eigenvalue weighted by atomic mass is 35.5. The van der Waals surface area contributed by atoms with Gasteiger partial charge in [-0.2, -0.15) is 0 Å². The number of rotatable bonds is 4. The molecule has 0 aliphatic heterocycles. The van der Waals surface area contributed by atoms with E-state index in [0.717, 1.165) is 29.7 Å². The second kappa shape index (κ2) is 8.41. The Morgan fingerprint density at radius 3 is 2.64 bits per heavy atom. The summed E-state index contributed by atoms with van der Waals surface area (Å²) in [6.07, 6.45) is 2.79. The third kappa shape index (κ3) is 4.77. The molecule has 25 heavy (non-hydrogen) atoms. The standard InChI is InChI=1S/C19H19ClN2O2S/c20-14-8-10-15(11-9-14)25-12-18(23)21-22-19(24)17-7-3-5-13-4-1-2-6-16(13)17/h1-2,4,6,8-11,17H,3,5,7,12H2,(H,21,23)(H,22,24). The first-order chi connectivity index (χ1) is 12.1. The molecule has 0 saturated carbocycles. The Morgan fingerprint density at radius 2 is 1.84 bits per heavy atom. The molecule has 0 saturated heterocycles. The van der Waals surface area contributed by atoms with Crippen LogP contribution in [-0.4, -0.2) is 17.6 Å². The van der Waals surface area contributed by atoms with Crippen molar-refractivity contribution in [3.8, 4) is 0 Å². The number of halogens is 1. The molecule has 2 aromatic carbocycles. The lowest BCUT2D eigenvalue weighted by Crippen LogP contribution is -2.45. The van der Waals surface area contributed by atoms with Crippen molar-refractivity contribution in [3.63, 3.8) is 0 Å². The number of hydrazine groups is 1. The number of carbonyl (C=O) groups is 2. The molecular weight excluding hydrogens is 356 g/mol. The Balaban J connectivity index is 1.49. The summed E-state index contributed by atoms with van der Waals surface area (Å²) in [5, 5.41) is 0.661. The van der Waals surface area contributed by atoms with Gasteiger partial charge in [0.2, 0.25) is 11.8 Å². The van der Waals surface area contributed by atoms with Gasteiger partial charge in [-0.15, -0.1) is 11.8 Å². The second-order valence-electron chi connectivity index (χ2n) is 5.92. The zero-order valence-corrected chi connectivity index (χ0v) is 15.2. The predicted octanol–water partition coefficient (Wildman–Crippen LogP) is 3.70. The van der Waals surface area contributed by atoms with Gasteiger partial charge in [0.05, 0.1) is 11.7 Å². The van der Waals surface area contributed by atoms with Crippen LogP contribution in [0.3, 0.4) is 0 Å². The smallest absolute Gasteiger partial charge is 0.248 e. The van der Waals surface area contributed by atoms with Crippen LogP contribution in [0.25, 0.3) is 0 Å². The Hall–Kier alpha value is -1.98. The fourth-order valence-electron chi connectivity index (χ4n) is 2.96. The van der Waals surface area contributed by atoms with Crippen LogP contribution in [0.2, 0.25) is 5.02 Å².